The Morgan fingerprint density at radius 1 is 1.00 bits per heavy atom. The summed E-state index contributed by atoms with van der Waals surface area (Å²) in [5, 5.41) is 3.38. The molecule has 3 rings (SSSR count). The number of aromatic amines is 1. The van der Waals surface area contributed by atoms with E-state index in [0.717, 1.165) is 30.3 Å². The zero-order valence-corrected chi connectivity index (χ0v) is 16.4. The molecular formula is C21H27N6+. The Bertz CT molecular complexity index is 862. The highest BCUT2D eigenvalue weighted by atomic mass is 15.3. The van der Waals surface area contributed by atoms with Gasteiger partial charge in [-0.2, -0.15) is 9.97 Å². The Labute approximate surface area is 160 Å². The lowest BCUT2D eigenvalue weighted by Gasteiger charge is -2.20. The van der Waals surface area contributed by atoms with Crippen molar-refractivity contribution in [2.45, 2.75) is 13.3 Å². The van der Waals surface area contributed by atoms with Crippen LogP contribution in [0.1, 0.15) is 11.3 Å². The van der Waals surface area contributed by atoms with Crippen LogP contribution in [0.25, 0.3) is 0 Å². The van der Waals surface area contributed by atoms with Crippen molar-refractivity contribution in [2.24, 2.45) is 0 Å². The summed E-state index contributed by atoms with van der Waals surface area (Å²) in [6.45, 7) is 2.90. The molecular weight excluding hydrogens is 336 g/mol. The molecule has 2 heterocycles. The van der Waals surface area contributed by atoms with Crippen molar-refractivity contribution < 1.29 is 4.98 Å². The second-order valence-electron chi connectivity index (χ2n) is 6.86. The number of nitrogens with one attached hydrogen (secondary N) is 2. The third-order valence-electron chi connectivity index (χ3n) is 4.31. The first-order valence-corrected chi connectivity index (χ1v) is 9.08. The molecule has 0 fully saturated rings. The first-order valence-electron chi connectivity index (χ1n) is 9.08. The number of anilines is 4. The summed E-state index contributed by atoms with van der Waals surface area (Å²) in [5.41, 5.74) is 3.43. The summed E-state index contributed by atoms with van der Waals surface area (Å²) >= 11 is 0. The largest absolute Gasteiger partial charge is 0.363 e. The van der Waals surface area contributed by atoms with Gasteiger partial charge >= 0.3 is 0 Å². The summed E-state index contributed by atoms with van der Waals surface area (Å²) < 4.78 is 0. The maximum atomic E-state index is 4.71. The molecule has 2 aromatic heterocycles. The van der Waals surface area contributed by atoms with Crippen LogP contribution in [0, 0.1) is 6.92 Å². The van der Waals surface area contributed by atoms with Gasteiger partial charge in [0.15, 0.2) is 11.9 Å². The first kappa shape index (κ1) is 18.6. The fourth-order valence-corrected chi connectivity index (χ4v) is 2.64. The Hall–Kier alpha value is -3.15. The van der Waals surface area contributed by atoms with Gasteiger partial charge in [-0.15, -0.1) is 0 Å². The molecule has 6 heteroatoms. The second kappa shape index (κ2) is 8.49. The summed E-state index contributed by atoms with van der Waals surface area (Å²) in [7, 11) is 5.99. The van der Waals surface area contributed by atoms with Crippen LogP contribution < -0.4 is 20.1 Å². The molecule has 0 saturated carbocycles. The van der Waals surface area contributed by atoms with Crippen LogP contribution in [0.5, 0.6) is 0 Å². The van der Waals surface area contributed by atoms with E-state index < -0.39 is 0 Å². The van der Waals surface area contributed by atoms with E-state index in [1.807, 2.05) is 50.4 Å². The number of aromatic nitrogens is 3. The number of likely N-dealkylation sites (N-methyl/N-ethyl adjacent to an activating group) is 1. The second-order valence-corrected chi connectivity index (χ2v) is 6.86. The number of aryl methyl sites for hydroxylation is 1. The van der Waals surface area contributed by atoms with Crippen molar-refractivity contribution in [3.05, 3.63) is 66.0 Å². The predicted octanol–water partition coefficient (Wildman–Crippen LogP) is 3.09. The van der Waals surface area contributed by atoms with E-state index in [1.54, 1.807) is 0 Å². The van der Waals surface area contributed by atoms with Gasteiger partial charge in [0.05, 0.1) is 0 Å². The van der Waals surface area contributed by atoms with E-state index in [0.29, 0.717) is 5.95 Å². The van der Waals surface area contributed by atoms with Gasteiger partial charge in [0.1, 0.15) is 11.6 Å². The van der Waals surface area contributed by atoms with E-state index in [-0.39, 0.29) is 0 Å². The molecule has 0 aliphatic rings. The standard InChI is InChI=1S/C21H26N6/c1-16-8-10-18(11-9-16)23-19-15-20(26(2)3)25-21(24-19)27(4)14-12-17-7-5-6-13-22-17/h5-11,13,15H,12,14H2,1-4H3,(H,23,24,25)/p+1. The molecule has 0 aliphatic heterocycles. The number of rotatable bonds is 7. The van der Waals surface area contributed by atoms with Gasteiger partial charge in [-0.1, -0.05) is 23.8 Å². The van der Waals surface area contributed by atoms with Crippen molar-refractivity contribution >= 4 is 23.3 Å². The average molecular weight is 363 g/mol. The van der Waals surface area contributed by atoms with Crippen LogP contribution in [-0.4, -0.2) is 37.7 Å². The Morgan fingerprint density at radius 3 is 2.44 bits per heavy atom. The molecule has 3 aromatic rings. The highest BCUT2D eigenvalue weighted by Gasteiger charge is 2.12. The molecule has 0 amide bonds. The molecule has 0 unspecified atom stereocenters. The van der Waals surface area contributed by atoms with E-state index in [2.05, 4.69) is 52.5 Å². The van der Waals surface area contributed by atoms with Gasteiger partial charge < -0.3 is 15.1 Å². The number of benzene rings is 1. The van der Waals surface area contributed by atoms with E-state index in [1.165, 1.54) is 11.3 Å². The number of hydrogen-bond acceptors (Lipinski definition) is 5. The summed E-state index contributed by atoms with van der Waals surface area (Å²) in [6.07, 6.45) is 2.84. The normalized spacial score (nSPS) is 10.5. The Kier molecular flexibility index (Phi) is 5.86. The lowest BCUT2D eigenvalue weighted by molar-refractivity contribution is -0.390. The summed E-state index contributed by atoms with van der Waals surface area (Å²) in [6, 6.07) is 16.4. The van der Waals surface area contributed by atoms with Crippen LogP contribution >= 0.6 is 0 Å². The van der Waals surface area contributed by atoms with Gasteiger partial charge in [0.2, 0.25) is 5.95 Å². The molecule has 1 aromatic carbocycles. The highest BCUT2D eigenvalue weighted by Crippen LogP contribution is 2.22. The molecule has 0 spiro atoms. The fraction of sp³-hybridized carbons (Fsp3) is 0.286. The molecule has 0 atom stereocenters. The number of pyridine rings is 1. The smallest absolute Gasteiger partial charge is 0.229 e. The number of H-pyrrole nitrogens is 1. The van der Waals surface area contributed by atoms with Gasteiger partial charge in [0.25, 0.3) is 0 Å². The van der Waals surface area contributed by atoms with Crippen molar-refractivity contribution in [2.75, 3.05) is 42.8 Å². The Morgan fingerprint density at radius 2 is 1.78 bits per heavy atom. The third-order valence-corrected chi connectivity index (χ3v) is 4.31. The lowest BCUT2D eigenvalue weighted by Crippen LogP contribution is -2.26. The van der Waals surface area contributed by atoms with Gasteiger partial charge in [0, 0.05) is 58.0 Å². The van der Waals surface area contributed by atoms with Crippen molar-refractivity contribution in [3.63, 3.8) is 0 Å². The van der Waals surface area contributed by atoms with Crippen LogP contribution in [0.15, 0.2) is 54.7 Å². The first-order chi connectivity index (χ1) is 13.0. The quantitative estimate of drug-likeness (QED) is 0.699. The van der Waals surface area contributed by atoms with Crippen molar-refractivity contribution in [1.29, 1.82) is 0 Å². The minimum atomic E-state index is 0.701. The fourth-order valence-electron chi connectivity index (χ4n) is 2.64. The molecule has 0 bridgehead atoms. The van der Waals surface area contributed by atoms with E-state index in [4.69, 9.17) is 9.97 Å². The van der Waals surface area contributed by atoms with Gasteiger partial charge in [-0.25, -0.2) is 4.98 Å². The van der Waals surface area contributed by atoms with Crippen molar-refractivity contribution in [1.82, 2.24) is 9.97 Å². The van der Waals surface area contributed by atoms with Gasteiger partial charge in [-0.05, 0) is 19.1 Å². The monoisotopic (exact) mass is 363 g/mol. The number of nitrogens with zero attached hydrogens (tertiary/aromatic N) is 4. The zero-order valence-electron chi connectivity index (χ0n) is 16.4. The van der Waals surface area contributed by atoms with Crippen molar-refractivity contribution in [3.8, 4) is 0 Å². The summed E-state index contributed by atoms with van der Waals surface area (Å²) in [4.78, 5) is 16.7. The summed E-state index contributed by atoms with van der Waals surface area (Å²) in [5.74, 6) is 2.35. The molecule has 0 aliphatic carbocycles. The van der Waals surface area contributed by atoms with Crippen LogP contribution in [-0.2, 0) is 6.42 Å². The molecule has 2 N–H and O–H groups in total. The van der Waals surface area contributed by atoms with Crippen LogP contribution in [0.3, 0.4) is 0 Å². The van der Waals surface area contributed by atoms with E-state index >= 15 is 0 Å². The SMILES string of the molecule is Cc1ccc(Nc2cc(N(C)C)nc(N(C)CCc3cccc[nH+]3)n2)cc1. The molecule has 0 radical (unpaired) electrons. The minimum absolute atomic E-state index is 0.701. The molecule has 27 heavy (non-hydrogen) atoms. The molecule has 0 saturated heterocycles. The van der Waals surface area contributed by atoms with Crippen LogP contribution in [0.2, 0.25) is 0 Å². The highest BCUT2D eigenvalue weighted by molar-refractivity contribution is 5.61. The van der Waals surface area contributed by atoms with E-state index in [9.17, 15) is 0 Å². The minimum Gasteiger partial charge on any atom is -0.363 e. The average Bonchev–Trinajstić information content (AvgIpc) is 2.68. The maximum Gasteiger partial charge on any atom is 0.229 e. The topological polar surface area (TPSA) is 58.4 Å². The van der Waals surface area contributed by atoms with Gasteiger partial charge in [-0.3, -0.25) is 0 Å². The molecule has 140 valence electrons. The molecule has 6 nitrogen and oxygen atoms in total. The lowest BCUT2D eigenvalue weighted by atomic mass is 10.2. The zero-order chi connectivity index (χ0) is 19.2. The maximum absolute atomic E-state index is 4.71. The number of hydrogen-bond donors (Lipinski definition) is 1. The Balaban J connectivity index is 1.78. The predicted molar refractivity (Wildman–Crippen MR) is 111 cm³/mol. The third kappa shape index (κ3) is 5.17. The van der Waals surface area contributed by atoms with Crippen LogP contribution in [0.4, 0.5) is 23.3 Å².